The molecular formula is C11H17N3O2. The van der Waals surface area contributed by atoms with Crippen molar-refractivity contribution in [3.8, 4) is 0 Å². The molecule has 0 aliphatic carbocycles. The van der Waals surface area contributed by atoms with E-state index in [-0.39, 0.29) is 5.91 Å². The number of amides is 1. The van der Waals surface area contributed by atoms with Crippen molar-refractivity contribution in [2.75, 3.05) is 20.7 Å². The maximum atomic E-state index is 11.7. The molecule has 1 aromatic heterocycles. The average molecular weight is 223 g/mol. The van der Waals surface area contributed by atoms with Gasteiger partial charge in [0, 0.05) is 27.2 Å². The lowest BCUT2D eigenvalue weighted by Crippen LogP contribution is -2.22. The zero-order valence-corrected chi connectivity index (χ0v) is 10.1. The molecule has 16 heavy (non-hydrogen) atoms. The SMILES string of the molecule is C=C(OCC)c1cc(C(=O)N(C)C)nn1C. The van der Waals surface area contributed by atoms with Crippen molar-refractivity contribution in [2.45, 2.75) is 6.92 Å². The van der Waals surface area contributed by atoms with Gasteiger partial charge in [0.05, 0.1) is 6.61 Å². The molecule has 0 bridgehead atoms. The summed E-state index contributed by atoms with van der Waals surface area (Å²) in [5, 5.41) is 4.12. The van der Waals surface area contributed by atoms with Crippen LogP contribution in [0.2, 0.25) is 0 Å². The smallest absolute Gasteiger partial charge is 0.273 e. The van der Waals surface area contributed by atoms with Crippen LogP contribution in [0.5, 0.6) is 0 Å². The van der Waals surface area contributed by atoms with E-state index in [0.717, 1.165) is 0 Å². The van der Waals surface area contributed by atoms with E-state index in [2.05, 4.69) is 11.7 Å². The van der Waals surface area contributed by atoms with Crippen LogP contribution in [0.4, 0.5) is 0 Å². The van der Waals surface area contributed by atoms with Crippen LogP contribution in [-0.4, -0.2) is 41.3 Å². The summed E-state index contributed by atoms with van der Waals surface area (Å²) in [4.78, 5) is 13.2. The van der Waals surface area contributed by atoms with E-state index in [0.29, 0.717) is 23.8 Å². The van der Waals surface area contributed by atoms with E-state index in [9.17, 15) is 4.79 Å². The Hall–Kier alpha value is -1.78. The second-order valence-corrected chi connectivity index (χ2v) is 3.59. The van der Waals surface area contributed by atoms with Crippen molar-refractivity contribution in [1.82, 2.24) is 14.7 Å². The summed E-state index contributed by atoms with van der Waals surface area (Å²) >= 11 is 0. The highest BCUT2D eigenvalue weighted by atomic mass is 16.5. The fourth-order valence-corrected chi connectivity index (χ4v) is 1.31. The third kappa shape index (κ3) is 2.42. The first-order valence-corrected chi connectivity index (χ1v) is 5.05. The summed E-state index contributed by atoms with van der Waals surface area (Å²) in [6.07, 6.45) is 0. The molecular weight excluding hydrogens is 206 g/mol. The maximum absolute atomic E-state index is 11.7. The van der Waals surface area contributed by atoms with Crippen LogP contribution in [0.15, 0.2) is 12.6 Å². The summed E-state index contributed by atoms with van der Waals surface area (Å²) in [7, 11) is 5.13. The largest absolute Gasteiger partial charge is 0.492 e. The molecule has 0 saturated carbocycles. The second kappa shape index (κ2) is 4.83. The lowest BCUT2D eigenvalue weighted by atomic mass is 10.3. The summed E-state index contributed by atoms with van der Waals surface area (Å²) in [5.74, 6) is 0.390. The Morgan fingerprint density at radius 3 is 2.75 bits per heavy atom. The van der Waals surface area contributed by atoms with Gasteiger partial charge in [0.25, 0.3) is 5.91 Å². The molecule has 5 heteroatoms. The molecule has 0 spiro atoms. The number of aromatic nitrogens is 2. The van der Waals surface area contributed by atoms with Gasteiger partial charge in [-0.05, 0) is 6.92 Å². The molecule has 0 unspecified atom stereocenters. The maximum Gasteiger partial charge on any atom is 0.273 e. The molecule has 1 heterocycles. The Kier molecular flexibility index (Phi) is 3.71. The Balaban J connectivity index is 2.98. The lowest BCUT2D eigenvalue weighted by Gasteiger charge is -2.06. The molecule has 88 valence electrons. The first-order chi connectivity index (χ1) is 7.47. The van der Waals surface area contributed by atoms with Crippen LogP contribution in [0, 0.1) is 0 Å². The average Bonchev–Trinajstić information content (AvgIpc) is 2.59. The number of carbonyl (C=O) groups excluding carboxylic acids is 1. The third-order valence-corrected chi connectivity index (χ3v) is 2.11. The van der Waals surface area contributed by atoms with Gasteiger partial charge in [-0.15, -0.1) is 0 Å². The topological polar surface area (TPSA) is 47.4 Å². The third-order valence-electron chi connectivity index (χ3n) is 2.11. The molecule has 0 radical (unpaired) electrons. The molecule has 5 nitrogen and oxygen atoms in total. The van der Waals surface area contributed by atoms with Gasteiger partial charge in [0.15, 0.2) is 5.69 Å². The number of nitrogens with zero attached hydrogens (tertiary/aromatic N) is 3. The standard InChI is InChI=1S/C11H17N3O2/c1-6-16-8(2)10-7-9(12-14(10)5)11(15)13(3)4/h7H,2,6H2,1,3-5H3. The number of hydrogen-bond acceptors (Lipinski definition) is 3. The number of rotatable bonds is 4. The van der Waals surface area contributed by atoms with Crippen molar-refractivity contribution < 1.29 is 9.53 Å². The fourth-order valence-electron chi connectivity index (χ4n) is 1.31. The van der Waals surface area contributed by atoms with Gasteiger partial charge in [0.2, 0.25) is 0 Å². The molecule has 1 aromatic rings. The number of carbonyl (C=O) groups is 1. The molecule has 0 aliphatic rings. The van der Waals surface area contributed by atoms with Crippen molar-refractivity contribution in [3.05, 3.63) is 24.0 Å². The minimum Gasteiger partial charge on any atom is -0.492 e. The highest BCUT2D eigenvalue weighted by Crippen LogP contribution is 2.15. The van der Waals surface area contributed by atoms with E-state index in [1.807, 2.05) is 6.92 Å². The van der Waals surface area contributed by atoms with Crippen molar-refractivity contribution in [3.63, 3.8) is 0 Å². The lowest BCUT2D eigenvalue weighted by molar-refractivity contribution is 0.0821. The molecule has 0 aromatic carbocycles. The first kappa shape index (κ1) is 12.3. The van der Waals surface area contributed by atoms with Crippen molar-refractivity contribution in [2.24, 2.45) is 7.05 Å². The van der Waals surface area contributed by atoms with Crippen molar-refractivity contribution in [1.29, 1.82) is 0 Å². The molecule has 1 amide bonds. The fraction of sp³-hybridized carbons (Fsp3) is 0.455. The van der Waals surface area contributed by atoms with Crippen LogP contribution in [0.3, 0.4) is 0 Å². The van der Waals surface area contributed by atoms with Gasteiger partial charge < -0.3 is 9.64 Å². The normalized spacial score (nSPS) is 10.0. The van der Waals surface area contributed by atoms with Crippen LogP contribution in [0.25, 0.3) is 5.76 Å². The molecule has 0 atom stereocenters. The first-order valence-electron chi connectivity index (χ1n) is 5.05. The van der Waals surface area contributed by atoms with Crippen LogP contribution in [-0.2, 0) is 11.8 Å². The van der Waals surface area contributed by atoms with Gasteiger partial charge in [-0.3, -0.25) is 9.48 Å². The highest BCUT2D eigenvalue weighted by molar-refractivity contribution is 5.92. The second-order valence-electron chi connectivity index (χ2n) is 3.59. The number of hydrogen-bond donors (Lipinski definition) is 0. The minimum atomic E-state index is -0.133. The summed E-state index contributed by atoms with van der Waals surface area (Å²) < 4.78 is 6.87. The van der Waals surface area contributed by atoms with E-state index in [1.54, 1.807) is 31.9 Å². The predicted octanol–water partition coefficient (Wildman–Crippen LogP) is 1.13. The molecule has 0 aliphatic heterocycles. The molecule has 0 N–H and O–H groups in total. The number of ether oxygens (including phenoxy) is 1. The quantitative estimate of drug-likeness (QED) is 0.719. The number of aryl methyl sites for hydroxylation is 1. The highest BCUT2D eigenvalue weighted by Gasteiger charge is 2.16. The molecule has 1 rings (SSSR count). The minimum absolute atomic E-state index is 0.133. The van der Waals surface area contributed by atoms with Crippen LogP contribution in [0.1, 0.15) is 23.1 Å². The van der Waals surface area contributed by atoms with Gasteiger partial charge >= 0.3 is 0 Å². The summed E-state index contributed by atoms with van der Waals surface area (Å²) in [6, 6.07) is 1.68. The Morgan fingerprint density at radius 2 is 2.25 bits per heavy atom. The molecule has 0 saturated heterocycles. The zero-order chi connectivity index (χ0) is 12.3. The summed E-state index contributed by atoms with van der Waals surface area (Å²) in [5.41, 5.74) is 1.11. The van der Waals surface area contributed by atoms with E-state index >= 15 is 0 Å². The van der Waals surface area contributed by atoms with Gasteiger partial charge in [-0.1, -0.05) is 6.58 Å². The monoisotopic (exact) mass is 223 g/mol. The van der Waals surface area contributed by atoms with E-state index in [1.165, 1.54) is 4.90 Å². The van der Waals surface area contributed by atoms with Crippen LogP contribution < -0.4 is 0 Å². The van der Waals surface area contributed by atoms with Gasteiger partial charge in [-0.25, -0.2) is 0 Å². The van der Waals surface area contributed by atoms with E-state index in [4.69, 9.17) is 4.74 Å². The Labute approximate surface area is 95.3 Å². The predicted molar refractivity (Wildman–Crippen MR) is 61.9 cm³/mol. The van der Waals surface area contributed by atoms with Crippen LogP contribution >= 0.6 is 0 Å². The Bertz CT molecular complexity index is 407. The van der Waals surface area contributed by atoms with E-state index < -0.39 is 0 Å². The van der Waals surface area contributed by atoms with Crippen molar-refractivity contribution >= 4 is 11.7 Å². The van der Waals surface area contributed by atoms with Gasteiger partial charge in [0.1, 0.15) is 11.5 Å². The summed E-state index contributed by atoms with van der Waals surface area (Å²) in [6.45, 7) is 6.21. The molecule has 0 fully saturated rings. The zero-order valence-electron chi connectivity index (χ0n) is 10.1. The Morgan fingerprint density at radius 1 is 1.62 bits per heavy atom. The van der Waals surface area contributed by atoms with Gasteiger partial charge in [-0.2, -0.15) is 5.10 Å².